The van der Waals surface area contributed by atoms with Gasteiger partial charge >= 0.3 is 0 Å². The molecule has 0 aromatic heterocycles. The predicted octanol–water partition coefficient (Wildman–Crippen LogP) is 2.52. The van der Waals surface area contributed by atoms with Crippen LogP contribution in [0.5, 0.6) is 0 Å². The highest BCUT2D eigenvalue weighted by atomic mass is 16.5. The first-order valence-corrected chi connectivity index (χ1v) is 7.80. The molecule has 0 saturated carbocycles. The zero-order chi connectivity index (χ0) is 14.4. The van der Waals surface area contributed by atoms with Gasteiger partial charge in [0.1, 0.15) is 0 Å². The molecular formula is C17H28N2O. The lowest BCUT2D eigenvalue weighted by Crippen LogP contribution is -2.40. The van der Waals surface area contributed by atoms with E-state index in [4.69, 9.17) is 4.74 Å². The van der Waals surface area contributed by atoms with Crippen LogP contribution in [-0.4, -0.2) is 32.3 Å². The van der Waals surface area contributed by atoms with E-state index in [1.54, 1.807) is 0 Å². The maximum Gasteiger partial charge on any atom is 0.0952 e. The maximum atomic E-state index is 5.91. The van der Waals surface area contributed by atoms with Crippen LogP contribution in [0.25, 0.3) is 0 Å². The lowest BCUT2D eigenvalue weighted by Gasteiger charge is -2.27. The molecule has 0 amide bonds. The zero-order valence-corrected chi connectivity index (χ0v) is 13.0. The first kappa shape index (κ1) is 15.5. The van der Waals surface area contributed by atoms with Crippen LogP contribution in [0.3, 0.4) is 0 Å². The first-order valence-electron chi connectivity index (χ1n) is 7.80. The van der Waals surface area contributed by atoms with Gasteiger partial charge in [-0.05, 0) is 36.9 Å². The summed E-state index contributed by atoms with van der Waals surface area (Å²) in [6, 6.07) is 9.11. The van der Waals surface area contributed by atoms with Gasteiger partial charge in [-0.15, -0.1) is 0 Å². The summed E-state index contributed by atoms with van der Waals surface area (Å²) in [6.45, 7) is 10.5. The van der Waals surface area contributed by atoms with Crippen molar-refractivity contribution in [1.82, 2.24) is 10.6 Å². The second kappa shape index (κ2) is 7.77. The molecule has 0 saturated heterocycles. The van der Waals surface area contributed by atoms with Crippen molar-refractivity contribution < 1.29 is 4.74 Å². The largest absolute Gasteiger partial charge is 0.372 e. The van der Waals surface area contributed by atoms with Crippen molar-refractivity contribution >= 4 is 0 Å². The fourth-order valence-electron chi connectivity index (χ4n) is 2.61. The molecule has 0 aliphatic carbocycles. The fraction of sp³-hybridized carbons (Fsp3) is 0.647. The van der Waals surface area contributed by atoms with Crippen molar-refractivity contribution in [3.63, 3.8) is 0 Å². The van der Waals surface area contributed by atoms with Gasteiger partial charge in [-0.3, -0.25) is 0 Å². The van der Waals surface area contributed by atoms with Gasteiger partial charge in [0.25, 0.3) is 0 Å². The van der Waals surface area contributed by atoms with E-state index in [9.17, 15) is 0 Å². The predicted molar refractivity (Wildman–Crippen MR) is 84.0 cm³/mol. The molecule has 112 valence electrons. The molecule has 1 aliphatic rings. The summed E-state index contributed by atoms with van der Waals surface area (Å²) < 4.78 is 5.91. The summed E-state index contributed by atoms with van der Waals surface area (Å²) in [4.78, 5) is 0. The van der Waals surface area contributed by atoms with Gasteiger partial charge in [-0.1, -0.05) is 38.1 Å². The quantitative estimate of drug-likeness (QED) is 0.803. The van der Waals surface area contributed by atoms with E-state index in [1.807, 2.05) is 0 Å². The molecule has 0 bridgehead atoms. The number of hydrogen-bond donors (Lipinski definition) is 2. The Labute approximate surface area is 123 Å². The Morgan fingerprint density at radius 2 is 2.00 bits per heavy atom. The van der Waals surface area contributed by atoms with Crippen molar-refractivity contribution in [2.45, 2.75) is 39.3 Å². The van der Waals surface area contributed by atoms with Crippen molar-refractivity contribution in [1.29, 1.82) is 0 Å². The average Bonchev–Trinajstić information content (AvgIpc) is 2.44. The molecule has 3 heteroatoms. The molecule has 2 unspecified atom stereocenters. The zero-order valence-electron chi connectivity index (χ0n) is 13.0. The Kier molecular flexibility index (Phi) is 6.02. The Morgan fingerprint density at radius 1 is 1.20 bits per heavy atom. The minimum Gasteiger partial charge on any atom is -0.372 e. The Balaban J connectivity index is 1.77. The second-order valence-corrected chi connectivity index (χ2v) is 6.17. The molecule has 1 aliphatic heterocycles. The molecule has 1 aromatic carbocycles. The summed E-state index contributed by atoms with van der Waals surface area (Å²) in [6.07, 6.45) is 1.24. The molecule has 2 N–H and O–H groups in total. The van der Waals surface area contributed by atoms with Gasteiger partial charge in [-0.2, -0.15) is 0 Å². The average molecular weight is 276 g/mol. The monoisotopic (exact) mass is 276 g/mol. The van der Waals surface area contributed by atoms with Crippen molar-refractivity contribution in [2.75, 3.05) is 26.2 Å². The second-order valence-electron chi connectivity index (χ2n) is 6.17. The topological polar surface area (TPSA) is 33.3 Å². The number of nitrogens with one attached hydrogen (secondary N) is 2. The van der Waals surface area contributed by atoms with E-state index in [0.29, 0.717) is 12.0 Å². The van der Waals surface area contributed by atoms with E-state index < -0.39 is 0 Å². The van der Waals surface area contributed by atoms with E-state index >= 15 is 0 Å². The highest BCUT2D eigenvalue weighted by Gasteiger charge is 2.20. The van der Waals surface area contributed by atoms with Gasteiger partial charge in [0.05, 0.1) is 12.7 Å². The van der Waals surface area contributed by atoms with Gasteiger partial charge in [0.2, 0.25) is 0 Å². The molecular weight excluding hydrogens is 248 g/mol. The highest BCUT2D eigenvalue weighted by Crippen LogP contribution is 2.26. The van der Waals surface area contributed by atoms with Crippen molar-refractivity contribution in [3.8, 4) is 0 Å². The van der Waals surface area contributed by atoms with E-state index in [1.165, 1.54) is 11.1 Å². The Hall–Kier alpha value is -0.900. The Morgan fingerprint density at radius 3 is 2.80 bits per heavy atom. The van der Waals surface area contributed by atoms with Gasteiger partial charge in [-0.25, -0.2) is 0 Å². The highest BCUT2D eigenvalue weighted by molar-refractivity contribution is 5.31. The molecule has 2 rings (SSSR count). The number of benzene rings is 1. The minimum atomic E-state index is 0.201. The minimum absolute atomic E-state index is 0.201. The van der Waals surface area contributed by atoms with Crippen LogP contribution in [-0.2, 0) is 11.2 Å². The van der Waals surface area contributed by atoms with Crippen LogP contribution in [0.15, 0.2) is 24.3 Å². The maximum absolute atomic E-state index is 5.91. The summed E-state index contributed by atoms with van der Waals surface area (Å²) in [5, 5.41) is 7.07. The molecule has 2 atom stereocenters. The molecule has 1 heterocycles. The summed E-state index contributed by atoms with van der Waals surface area (Å²) >= 11 is 0. The van der Waals surface area contributed by atoms with Crippen LogP contribution in [0, 0.1) is 5.92 Å². The van der Waals surface area contributed by atoms with Crippen LogP contribution in [0.2, 0.25) is 0 Å². The SMILES string of the molecule is CC(C)CNCC(C)NCC1OCCc2ccccc21. The molecule has 0 radical (unpaired) electrons. The smallest absolute Gasteiger partial charge is 0.0952 e. The molecule has 3 nitrogen and oxygen atoms in total. The third-order valence-corrected chi connectivity index (χ3v) is 3.75. The van der Waals surface area contributed by atoms with Gasteiger partial charge in [0.15, 0.2) is 0 Å². The lowest BCUT2D eigenvalue weighted by molar-refractivity contribution is 0.0410. The lowest BCUT2D eigenvalue weighted by atomic mass is 9.97. The fourth-order valence-corrected chi connectivity index (χ4v) is 2.61. The summed E-state index contributed by atoms with van der Waals surface area (Å²) in [5.74, 6) is 0.704. The third-order valence-electron chi connectivity index (χ3n) is 3.75. The number of fused-ring (bicyclic) bond motifs is 1. The van der Waals surface area contributed by atoms with E-state index in [-0.39, 0.29) is 6.10 Å². The van der Waals surface area contributed by atoms with Gasteiger partial charge < -0.3 is 15.4 Å². The summed E-state index contributed by atoms with van der Waals surface area (Å²) in [7, 11) is 0. The standard InChI is InChI=1S/C17H28N2O/c1-13(2)10-18-11-14(3)19-12-17-16-7-5-4-6-15(16)8-9-20-17/h4-7,13-14,17-19H,8-12H2,1-3H3. The normalized spacial score (nSPS) is 19.9. The van der Waals surface area contributed by atoms with E-state index in [2.05, 4.69) is 55.7 Å². The molecule has 1 aromatic rings. The molecule has 0 fully saturated rings. The number of hydrogen-bond acceptors (Lipinski definition) is 3. The van der Waals surface area contributed by atoms with E-state index in [0.717, 1.165) is 32.7 Å². The third kappa shape index (κ3) is 4.58. The number of ether oxygens (including phenoxy) is 1. The van der Waals surface area contributed by atoms with Crippen LogP contribution in [0.4, 0.5) is 0 Å². The Bertz CT molecular complexity index is 406. The van der Waals surface area contributed by atoms with Crippen LogP contribution in [0.1, 0.15) is 38.0 Å². The van der Waals surface area contributed by atoms with Crippen LogP contribution < -0.4 is 10.6 Å². The van der Waals surface area contributed by atoms with Crippen molar-refractivity contribution in [2.24, 2.45) is 5.92 Å². The summed E-state index contributed by atoms with van der Waals surface area (Å²) in [5.41, 5.74) is 2.80. The van der Waals surface area contributed by atoms with Crippen molar-refractivity contribution in [3.05, 3.63) is 35.4 Å². The van der Waals surface area contributed by atoms with Crippen LogP contribution >= 0.6 is 0 Å². The molecule has 20 heavy (non-hydrogen) atoms. The first-order chi connectivity index (χ1) is 9.66. The van der Waals surface area contributed by atoms with Gasteiger partial charge in [0, 0.05) is 19.1 Å². The number of rotatable bonds is 7. The molecule has 0 spiro atoms.